The molecule has 1 aliphatic heterocycles. The summed E-state index contributed by atoms with van der Waals surface area (Å²) in [4.78, 5) is 0. The second-order valence-electron chi connectivity index (χ2n) is 4.86. The third-order valence-electron chi connectivity index (χ3n) is 3.43. The largest absolute Gasteiger partial charge is 0.379 e. The fourth-order valence-electron chi connectivity index (χ4n) is 2.21. The van der Waals surface area contributed by atoms with E-state index in [1.54, 1.807) is 0 Å². The van der Waals surface area contributed by atoms with Gasteiger partial charge in [-0.3, -0.25) is 0 Å². The van der Waals surface area contributed by atoms with Gasteiger partial charge in [0.05, 0.1) is 13.2 Å². The number of hydrogen-bond donors (Lipinski definition) is 2. The Hall–Kier alpha value is -0.900. The third-order valence-corrected chi connectivity index (χ3v) is 3.43. The molecule has 2 N–H and O–H groups in total. The molecule has 1 atom stereocenters. The van der Waals surface area contributed by atoms with Crippen LogP contribution in [0.25, 0.3) is 0 Å². The van der Waals surface area contributed by atoms with Crippen molar-refractivity contribution in [2.75, 3.05) is 26.3 Å². The van der Waals surface area contributed by atoms with Gasteiger partial charge in [-0.25, -0.2) is 0 Å². The Morgan fingerprint density at radius 3 is 2.72 bits per heavy atom. The maximum atomic E-state index is 5.43. The Labute approximate surface area is 110 Å². The molecule has 1 fully saturated rings. The summed E-state index contributed by atoms with van der Waals surface area (Å²) < 4.78 is 5.43. The molecule has 100 valence electrons. The quantitative estimate of drug-likeness (QED) is 0.752. The summed E-state index contributed by atoms with van der Waals surface area (Å²) in [7, 11) is 0. The Morgan fingerprint density at radius 2 is 2.06 bits per heavy atom. The zero-order chi connectivity index (χ0) is 12.6. The number of rotatable bonds is 6. The monoisotopic (exact) mass is 248 g/mol. The van der Waals surface area contributed by atoms with Crippen LogP contribution in [-0.4, -0.2) is 32.3 Å². The minimum Gasteiger partial charge on any atom is -0.379 e. The zero-order valence-electron chi connectivity index (χ0n) is 11.2. The number of hydrogen-bond acceptors (Lipinski definition) is 3. The molecule has 0 radical (unpaired) electrons. The van der Waals surface area contributed by atoms with Crippen molar-refractivity contribution in [2.45, 2.75) is 32.4 Å². The van der Waals surface area contributed by atoms with Gasteiger partial charge in [0, 0.05) is 19.1 Å². The standard InChI is InChI=1S/C15H24N2O/c1-2-13-3-5-14(6-4-13)11-16-8-7-15-12-18-10-9-17-15/h3-6,15-17H,2,7-12H2,1H3. The van der Waals surface area contributed by atoms with Crippen LogP contribution < -0.4 is 10.6 Å². The summed E-state index contributed by atoms with van der Waals surface area (Å²) in [6.45, 7) is 6.88. The van der Waals surface area contributed by atoms with Crippen LogP contribution in [0.4, 0.5) is 0 Å². The van der Waals surface area contributed by atoms with Gasteiger partial charge in [-0.1, -0.05) is 31.2 Å². The molecule has 3 heteroatoms. The maximum absolute atomic E-state index is 5.43. The topological polar surface area (TPSA) is 33.3 Å². The molecular formula is C15H24N2O. The van der Waals surface area contributed by atoms with Gasteiger partial charge in [0.2, 0.25) is 0 Å². The van der Waals surface area contributed by atoms with Gasteiger partial charge < -0.3 is 15.4 Å². The van der Waals surface area contributed by atoms with Crippen LogP contribution in [0.2, 0.25) is 0 Å². The Morgan fingerprint density at radius 1 is 1.28 bits per heavy atom. The SMILES string of the molecule is CCc1ccc(CNCCC2COCCN2)cc1. The van der Waals surface area contributed by atoms with Gasteiger partial charge in [0.25, 0.3) is 0 Å². The molecule has 0 aromatic heterocycles. The van der Waals surface area contributed by atoms with Crippen molar-refractivity contribution < 1.29 is 4.74 Å². The van der Waals surface area contributed by atoms with E-state index in [-0.39, 0.29) is 0 Å². The van der Waals surface area contributed by atoms with Gasteiger partial charge in [0.1, 0.15) is 0 Å². The molecule has 1 aromatic carbocycles. The lowest BCUT2D eigenvalue weighted by Crippen LogP contribution is -2.42. The van der Waals surface area contributed by atoms with Crippen LogP contribution in [0, 0.1) is 0 Å². The Bertz CT molecular complexity index is 331. The molecule has 2 rings (SSSR count). The van der Waals surface area contributed by atoms with Crippen molar-refractivity contribution >= 4 is 0 Å². The van der Waals surface area contributed by atoms with E-state index in [1.165, 1.54) is 11.1 Å². The van der Waals surface area contributed by atoms with Crippen molar-refractivity contribution in [1.29, 1.82) is 0 Å². The second-order valence-corrected chi connectivity index (χ2v) is 4.86. The summed E-state index contributed by atoms with van der Waals surface area (Å²) in [6.07, 6.45) is 2.24. The summed E-state index contributed by atoms with van der Waals surface area (Å²) in [5.74, 6) is 0. The predicted molar refractivity (Wildman–Crippen MR) is 74.8 cm³/mol. The number of nitrogens with one attached hydrogen (secondary N) is 2. The van der Waals surface area contributed by atoms with E-state index in [0.29, 0.717) is 6.04 Å². The van der Waals surface area contributed by atoms with E-state index in [9.17, 15) is 0 Å². The molecule has 0 saturated carbocycles. The normalized spacial score (nSPS) is 19.9. The molecule has 1 aromatic rings. The number of benzene rings is 1. The lowest BCUT2D eigenvalue weighted by Gasteiger charge is -2.23. The molecule has 1 aliphatic rings. The van der Waals surface area contributed by atoms with E-state index in [2.05, 4.69) is 41.8 Å². The Balaban J connectivity index is 1.62. The molecular weight excluding hydrogens is 224 g/mol. The van der Waals surface area contributed by atoms with Crippen molar-refractivity contribution in [1.82, 2.24) is 10.6 Å². The molecule has 0 spiro atoms. The summed E-state index contributed by atoms with van der Waals surface area (Å²) >= 11 is 0. The lowest BCUT2D eigenvalue weighted by molar-refractivity contribution is 0.0742. The average molecular weight is 248 g/mol. The molecule has 0 aliphatic carbocycles. The minimum atomic E-state index is 0.522. The van der Waals surface area contributed by atoms with Crippen LogP contribution in [0.3, 0.4) is 0 Å². The van der Waals surface area contributed by atoms with Crippen molar-refractivity contribution in [2.24, 2.45) is 0 Å². The predicted octanol–water partition coefficient (Wildman–Crippen LogP) is 1.72. The van der Waals surface area contributed by atoms with E-state index < -0.39 is 0 Å². The van der Waals surface area contributed by atoms with E-state index >= 15 is 0 Å². The first-order chi connectivity index (χ1) is 8.88. The first kappa shape index (κ1) is 13.5. The Kier molecular flexibility index (Phi) is 5.65. The zero-order valence-corrected chi connectivity index (χ0v) is 11.2. The van der Waals surface area contributed by atoms with Crippen molar-refractivity contribution in [3.8, 4) is 0 Å². The molecule has 3 nitrogen and oxygen atoms in total. The highest BCUT2D eigenvalue weighted by atomic mass is 16.5. The molecule has 0 amide bonds. The second kappa shape index (κ2) is 7.52. The number of morpholine rings is 1. The fraction of sp³-hybridized carbons (Fsp3) is 0.600. The number of aryl methyl sites for hydroxylation is 1. The maximum Gasteiger partial charge on any atom is 0.0620 e. The van der Waals surface area contributed by atoms with E-state index in [4.69, 9.17) is 4.74 Å². The molecule has 18 heavy (non-hydrogen) atoms. The average Bonchev–Trinajstić information content (AvgIpc) is 2.45. The summed E-state index contributed by atoms with van der Waals surface area (Å²) in [6, 6.07) is 9.39. The van der Waals surface area contributed by atoms with Gasteiger partial charge in [-0.15, -0.1) is 0 Å². The first-order valence-electron chi connectivity index (χ1n) is 6.98. The number of ether oxygens (including phenoxy) is 1. The molecule has 1 saturated heterocycles. The third kappa shape index (κ3) is 4.41. The van der Waals surface area contributed by atoms with Crippen LogP contribution in [0.5, 0.6) is 0 Å². The highest BCUT2D eigenvalue weighted by Gasteiger charge is 2.11. The van der Waals surface area contributed by atoms with Crippen LogP contribution >= 0.6 is 0 Å². The minimum absolute atomic E-state index is 0.522. The smallest absolute Gasteiger partial charge is 0.0620 e. The van der Waals surface area contributed by atoms with E-state index in [0.717, 1.165) is 45.7 Å². The van der Waals surface area contributed by atoms with Crippen LogP contribution in [0.1, 0.15) is 24.5 Å². The van der Waals surface area contributed by atoms with Gasteiger partial charge in [0.15, 0.2) is 0 Å². The van der Waals surface area contributed by atoms with Crippen LogP contribution in [-0.2, 0) is 17.7 Å². The summed E-state index contributed by atoms with van der Waals surface area (Å²) in [5, 5.41) is 6.96. The lowest BCUT2D eigenvalue weighted by atomic mass is 10.1. The summed E-state index contributed by atoms with van der Waals surface area (Å²) in [5.41, 5.74) is 2.77. The van der Waals surface area contributed by atoms with E-state index in [1.807, 2.05) is 0 Å². The van der Waals surface area contributed by atoms with Crippen molar-refractivity contribution in [3.63, 3.8) is 0 Å². The van der Waals surface area contributed by atoms with Crippen molar-refractivity contribution in [3.05, 3.63) is 35.4 Å². The van der Waals surface area contributed by atoms with Gasteiger partial charge >= 0.3 is 0 Å². The first-order valence-corrected chi connectivity index (χ1v) is 6.98. The molecule has 0 bridgehead atoms. The molecule has 1 heterocycles. The molecule has 1 unspecified atom stereocenters. The van der Waals surface area contributed by atoms with Crippen LogP contribution in [0.15, 0.2) is 24.3 Å². The fourth-order valence-corrected chi connectivity index (χ4v) is 2.21. The highest BCUT2D eigenvalue weighted by molar-refractivity contribution is 5.22. The van der Waals surface area contributed by atoms with Gasteiger partial charge in [-0.2, -0.15) is 0 Å². The highest BCUT2D eigenvalue weighted by Crippen LogP contribution is 2.05. The van der Waals surface area contributed by atoms with Gasteiger partial charge in [-0.05, 0) is 30.5 Å².